The molecule has 1 N–H and O–H groups in total. The van der Waals surface area contributed by atoms with E-state index in [4.69, 9.17) is 0 Å². The lowest BCUT2D eigenvalue weighted by Crippen LogP contribution is -2.25. The first-order chi connectivity index (χ1) is 11.0. The van der Waals surface area contributed by atoms with E-state index in [0.29, 0.717) is 25.1 Å². The molecule has 0 radical (unpaired) electrons. The number of halogens is 2. The number of nitrogens with zero attached hydrogens (tertiary/aromatic N) is 3. The zero-order valence-corrected chi connectivity index (χ0v) is 13.3. The fraction of sp³-hybridized carbons (Fsp3) is 0.471. The highest BCUT2D eigenvalue weighted by Crippen LogP contribution is 2.35. The molecule has 23 heavy (non-hydrogen) atoms. The fourth-order valence-corrected chi connectivity index (χ4v) is 3.38. The van der Waals surface area contributed by atoms with Crippen LogP contribution in [0.4, 0.5) is 8.78 Å². The van der Waals surface area contributed by atoms with E-state index >= 15 is 0 Å². The average Bonchev–Trinajstić information content (AvgIpc) is 3.04. The number of hydrogen-bond donors (Lipinski definition) is 1. The monoisotopic (exact) mass is 321 g/mol. The minimum absolute atomic E-state index is 0.309. The van der Waals surface area contributed by atoms with E-state index in [1.807, 2.05) is 25.1 Å². The van der Waals surface area contributed by atoms with E-state index < -0.39 is 17.7 Å². The molecule has 0 unspecified atom stereocenters. The van der Waals surface area contributed by atoms with Crippen LogP contribution in [-0.4, -0.2) is 32.4 Å². The van der Waals surface area contributed by atoms with Crippen LogP contribution >= 0.6 is 0 Å². The Morgan fingerprint density at radius 1 is 1.35 bits per heavy atom. The normalized spacial score (nSPS) is 22.0. The van der Waals surface area contributed by atoms with Crippen molar-refractivity contribution in [3.63, 3.8) is 0 Å². The number of aliphatic hydroxyl groups excluding tert-OH is 1. The van der Waals surface area contributed by atoms with Gasteiger partial charge in [-0.1, -0.05) is 6.92 Å². The quantitative estimate of drug-likeness (QED) is 0.941. The molecule has 1 fully saturated rings. The van der Waals surface area contributed by atoms with Crippen molar-refractivity contribution in [2.45, 2.75) is 38.5 Å². The van der Waals surface area contributed by atoms with Gasteiger partial charge in [0.25, 0.3) is 0 Å². The molecule has 4 nitrogen and oxygen atoms in total. The second kappa shape index (κ2) is 6.37. The van der Waals surface area contributed by atoms with Gasteiger partial charge in [0.05, 0.1) is 11.8 Å². The minimum Gasteiger partial charge on any atom is -0.392 e. The third kappa shape index (κ3) is 3.28. The lowest BCUT2D eigenvalue weighted by molar-refractivity contribution is 0.172. The number of hydrogen-bond acceptors (Lipinski definition) is 3. The largest absolute Gasteiger partial charge is 0.392 e. The minimum atomic E-state index is -0.538. The maximum absolute atomic E-state index is 14.1. The zero-order chi connectivity index (χ0) is 16.6. The SMILES string of the molecule is CCc1nn(C)cc1CN1C[C@@H](O)C[C@H]1c1cc(F)ccc1F. The molecule has 6 heteroatoms. The molecule has 2 heterocycles. The van der Waals surface area contributed by atoms with Crippen molar-refractivity contribution in [2.24, 2.45) is 7.05 Å². The Bertz CT molecular complexity index is 701. The van der Waals surface area contributed by atoms with Crippen molar-refractivity contribution in [3.8, 4) is 0 Å². The fourth-order valence-electron chi connectivity index (χ4n) is 3.38. The summed E-state index contributed by atoms with van der Waals surface area (Å²) in [7, 11) is 1.87. The molecule has 1 aromatic heterocycles. The summed E-state index contributed by atoms with van der Waals surface area (Å²) >= 11 is 0. The van der Waals surface area contributed by atoms with Crippen molar-refractivity contribution in [1.82, 2.24) is 14.7 Å². The van der Waals surface area contributed by atoms with Crippen molar-refractivity contribution in [1.29, 1.82) is 0 Å². The Labute approximate surface area is 134 Å². The number of aromatic nitrogens is 2. The zero-order valence-electron chi connectivity index (χ0n) is 13.3. The lowest BCUT2D eigenvalue weighted by Gasteiger charge is -2.24. The number of rotatable bonds is 4. The maximum atomic E-state index is 14.1. The molecule has 2 aromatic rings. The maximum Gasteiger partial charge on any atom is 0.128 e. The number of aliphatic hydroxyl groups is 1. The highest BCUT2D eigenvalue weighted by Gasteiger charge is 2.34. The van der Waals surface area contributed by atoms with Crippen molar-refractivity contribution >= 4 is 0 Å². The van der Waals surface area contributed by atoms with Gasteiger partial charge in [-0.2, -0.15) is 5.10 Å². The molecule has 1 aromatic carbocycles. The van der Waals surface area contributed by atoms with Crippen molar-refractivity contribution < 1.29 is 13.9 Å². The second-order valence-electron chi connectivity index (χ2n) is 6.13. The predicted octanol–water partition coefficient (Wildman–Crippen LogP) is 2.57. The van der Waals surface area contributed by atoms with Crippen LogP contribution < -0.4 is 0 Å². The smallest absolute Gasteiger partial charge is 0.128 e. The van der Waals surface area contributed by atoms with Gasteiger partial charge in [-0.05, 0) is 31.0 Å². The third-order valence-corrected chi connectivity index (χ3v) is 4.40. The highest BCUT2D eigenvalue weighted by atomic mass is 19.1. The van der Waals surface area contributed by atoms with Gasteiger partial charge in [0, 0.05) is 43.5 Å². The Kier molecular flexibility index (Phi) is 4.46. The van der Waals surface area contributed by atoms with Gasteiger partial charge < -0.3 is 5.11 Å². The van der Waals surface area contributed by atoms with Crippen molar-refractivity contribution in [2.75, 3.05) is 6.54 Å². The van der Waals surface area contributed by atoms with Gasteiger partial charge in [-0.15, -0.1) is 0 Å². The van der Waals surface area contributed by atoms with Crippen LogP contribution in [0.25, 0.3) is 0 Å². The van der Waals surface area contributed by atoms with Crippen LogP contribution in [0.15, 0.2) is 24.4 Å². The van der Waals surface area contributed by atoms with Gasteiger partial charge in [0.2, 0.25) is 0 Å². The van der Waals surface area contributed by atoms with Gasteiger partial charge in [-0.3, -0.25) is 9.58 Å². The van der Waals surface area contributed by atoms with Gasteiger partial charge in [-0.25, -0.2) is 8.78 Å². The summed E-state index contributed by atoms with van der Waals surface area (Å²) in [6.45, 7) is 3.04. The summed E-state index contributed by atoms with van der Waals surface area (Å²) in [4.78, 5) is 2.00. The number of benzene rings is 1. The number of β-amino-alcohol motifs (C(OH)–C–C–N with tert-alkyl or cyclic N) is 1. The predicted molar refractivity (Wildman–Crippen MR) is 82.7 cm³/mol. The van der Waals surface area contributed by atoms with Gasteiger partial charge >= 0.3 is 0 Å². The van der Waals surface area contributed by atoms with Crippen LogP contribution in [0.2, 0.25) is 0 Å². The van der Waals surface area contributed by atoms with E-state index in [2.05, 4.69) is 5.10 Å². The van der Waals surface area contributed by atoms with Crippen LogP contribution in [0.5, 0.6) is 0 Å². The van der Waals surface area contributed by atoms with Crippen LogP contribution in [-0.2, 0) is 20.0 Å². The van der Waals surface area contributed by atoms with Gasteiger partial charge in [0.15, 0.2) is 0 Å². The standard InChI is InChI=1S/C17H21F2N3O/c1-3-16-11(8-21(2)20-16)9-22-10-13(23)7-17(22)14-6-12(18)4-5-15(14)19/h4-6,8,13,17,23H,3,7,9-10H2,1-2H3/t13-,17-/m0/s1. The molecular formula is C17H21F2N3O. The van der Waals surface area contributed by atoms with Gasteiger partial charge in [0.1, 0.15) is 11.6 Å². The lowest BCUT2D eigenvalue weighted by atomic mass is 10.0. The van der Waals surface area contributed by atoms with Crippen LogP contribution in [0.1, 0.15) is 36.2 Å². The molecule has 0 spiro atoms. The summed E-state index contributed by atoms with van der Waals surface area (Å²) in [5.74, 6) is -0.893. The molecule has 2 atom stereocenters. The Morgan fingerprint density at radius 3 is 2.87 bits per heavy atom. The molecule has 0 amide bonds. The third-order valence-electron chi connectivity index (χ3n) is 4.40. The van der Waals surface area contributed by atoms with Crippen LogP contribution in [0.3, 0.4) is 0 Å². The highest BCUT2D eigenvalue weighted by molar-refractivity contribution is 5.25. The molecule has 3 rings (SSSR count). The molecule has 124 valence electrons. The number of aryl methyl sites for hydroxylation is 2. The first-order valence-electron chi connectivity index (χ1n) is 7.86. The van der Waals surface area contributed by atoms with E-state index in [9.17, 15) is 13.9 Å². The van der Waals surface area contributed by atoms with E-state index in [-0.39, 0.29) is 6.04 Å². The van der Waals surface area contributed by atoms with E-state index in [1.54, 1.807) is 4.68 Å². The number of likely N-dealkylation sites (tertiary alicyclic amines) is 1. The topological polar surface area (TPSA) is 41.3 Å². The van der Waals surface area contributed by atoms with Crippen molar-refractivity contribution in [3.05, 3.63) is 52.9 Å². The first-order valence-corrected chi connectivity index (χ1v) is 7.86. The summed E-state index contributed by atoms with van der Waals surface area (Å²) in [5, 5.41) is 14.4. The molecule has 1 saturated heterocycles. The Morgan fingerprint density at radius 2 is 2.13 bits per heavy atom. The van der Waals surface area contributed by atoms with Crippen LogP contribution in [0, 0.1) is 11.6 Å². The molecule has 0 bridgehead atoms. The molecular weight excluding hydrogens is 300 g/mol. The van der Waals surface area contributed by atoms with E-state index in [0.717, 1.165) is 29.8 Å². The molecule has 1 aliphatic rings. The summed E-state index contributed by atoms with van der Waals surface area (Å²) in [6, 6.07) is 3.17. The second-order valence-corrected chi connectivity index (χ2v) is 6.13. The Balaban J connectivity index is 1.89. The summed E-state index contributed by atoms with van der Waals surface area (Å²) in [6.07, 6.45) is 2.63. The average molecular weight is 321 g/mol. The first kappa shape index (κ1) is 16.1. The Hall–Kier alpha value is -1.79. The molecule has 0 saturated carbocycles. The molecule has 0 aliphatic carbocycles. The van der Waals surface area contributed by atoms with E-state index in [1.165, 1.54) is 6.07 Å². The molecule has 1 aliphatic heterocycles. The summed E-state index contributed by atoms with van der Waals surface area (Å²) < 4.78 is 29.4. The summed E-state index contributed by atoms with van der Waals surface area (Å²) in [5.41, 5.74) is 2.36.